The first kappa shape index (κ1) is 16.8. The quantitative estimate of drug-likeness (QED) is 0.733. The summed E-state index contributed by atoms with van der Waals surface area (Å²) in [7, 11) is 0. The molecule has 1 aliphatic heterocycles. The minimum Gasteiger partial charge on any atom is -0.477 e. The molecule has 2 fully saturated rings. The monoisotopic (exact) mass is 353 g/mol. The maximum atomic E-state index is 8.94. The van der Waals surface area contributed by atoms with Crippen LogP contribution in [0.5, 0.6) is 5.88 Å². The summed E-state index contributed by atoms with van der Waals surface area (Å²) in [6.45, 7) is 4.55. The van der Waals surface area contributed by atoms with Crippen molar-refractivity contribution in [3.05, 3.63) is 24.2 Å². The van der Waals surface area contributed by atoms with Crippen molar-refractivity contribution >= 4 is 0 Å². The van der Waals surface area contributed by atoms with Gasteiger partial charge in [-0.05, 0) is 66.9 Å². The van der Waals surface area contributed by atoms with Gasteiger partial charge in [0.25, 0.3) is 0 Å². The average molecular weight is 353 g/mol. The Morgan fingerprint density at radius 1 is 1.35 bits per heavy atom. The molecular weight excluding hydrogens is 330 g/mol. The molecule has 0 N–H and O–H groups in total. The number of nitriles is 1. The summed E-state index contributed by atoms with van der Waals surface area (Å²) in [6.07, 6.45) is 10.2. The van der Waals surface area contributed by atoms with Gasteiger partial charge in [0.15, 0.2) is 6.19 Å². The molecule has 26 heavy (non-hydrogen) atoms. The standard InChI is InChI=1S/C18H23N7O/c1-13-8-16(25-12-21-22-23-25)10-20-18(13)26-7-4-15-9-17(15)14-2-5-24(11-19)6-3-14/h8,10,12,14-15,17H,2-7,9H2,1H3/t15?,17-/m1/s1. The molecule has 2 aromatic heterocycles. The number of aromatic nitrogens is 5. The molecule has 4 rings (SSSR count). The highest BCUT2D eigenvalue weighted by Crippen LogP contribution is 2.49. The minimum atomic E-state index is 0.682. The molecule has 2 aliphatic rings. The Hall–Kier alpha value is -2.69. The van der Waals surface area contributed by atoms with E-state index in [0.717, 1.165) is 61.4 Å². The summed E-state index contributed by atoms with van der Waals surface area (Å²) in [5.74, 6) is 3.08. The molecule has 8 heteroatoms. The van der Waals surface area contributed by atoms with Crippen molar-refractivity contribution in [2.45, 2.75) is 32.6 Å². The number of tetrazole rings is 1. The molecular formula is C18H23N7O. The number of hydrogen-bond acceptors (Lipinski definition) is 7. The molecule has 0 radical (unpaired) electrons. The molecule has 1 unspecified atom stereocenters. The van der Waals surface area contributed by atoms with Gasteiger partial charge < -0.3 is 9.64 Å². The Morgan fingerprint density at radius 2 is 2.19 bits per heavy atom. The lowest BCUT2D eigenvalue weighted by atomic mass is 9.91. The number of aryl methyl sites for hydroxylation is 1. The maximum Gasteiger partial charge on any atom is 0.216 e. The summed E-state index contributed by atoms with van der Waals surface area (Å²) in [6, 6.07) is 1.97. The second-order valence-corrected chi connectivity index (χ2v) is 7.29. The van der Waals surface area contributed by atoms with Crippen molar-refractivity contribution in [1.82, 2.24) is 30.1 Å². The van der Waals surface area contributed by atoms with Crippen molar-refractivity contribution in [3.63, 3.8) is 0 Å². The van der Waals surface area contributed by atoms with Crippen molar-refractivity contribution in [2.24, 2.45) is 17.8 Å². The van der Waals surface area contributed by atoms with Gasteiger partial charge in [0.1, 0.15) is 6.33 Å². The third kappa shape index (κ3) is 3.62. The number of likely N-dealkylation sites (tertiary alicyclic amines) is 1. The summed E-state index contributed by atoms with van der Waals surface area (Å²) in [5, 5.41) is 20.1. The molecule has 1 saturated carbocycles. The predicted molar refractivity (Wildman–Crippen MR) is 93.3 cm³/mol. The molecule has 0 bridgehead atoms. The average Bonchev–Trinajstić information content (AvgIpc) is 3.22. The van der Waals surface area contributed by atoms with Gasteiger partial charge >= 0.3 is 0 Å². The van der Waals surface area contributed by atoms with Gasteiger partial charge in [-0.25, -0.2) is 4.98 Å². The third-order valence-corrected chi connectivity index (χ3v) is 5.62. The molecule has 8 nitrogen and oxygen atoms in total. The first-order valence-corrected chi connectivity index (χ1v) is 9.22. The predicted octanol–water partition coefficient (Wildman–Crippen LogP) is 1.96. The smallest absolute Gasteiger partial charge is 0.216 e. The summed E-state index contributed by atoms with van der Waals surface area (Å²) in [4.78, 5) is 6.28. The van der Waals surface area contributed by atoms with Crippen molar-refractivity contribution in [2.75, 3.05) is 19.7 Å². The van der Waals surface area contributed by atoms with Crippen LogP contribution in [-0.4, -0.2) is 49.8 Å². The summed E-state index contributed by atoms with van der Waals surface area (Å²) < 4.78 is 7.49. The zero-order valence-corrected chi connectivity index (χ0v) is 15.0. The largest absolute Gasteiger partial charge is 0.477 e. The van der Waals surface area contributed by atoms with Crippen LogP contribution in [0.25, 0.3) is 5.69 Å². The molecule has 1 aliphatic carbocycles. The van der Waals surface area contributed by atoms with Gasteiger partial charge in [-0.15, -0.1) is 5.10 Å². The van der Waals surface area contributed by atoms with E-state index >= 15 is 0 Å². The van der Waals surface area contributed by atoms with Crippen LogP contribution in [0.4, 0.5) is 0 Å². The van der Waals surface area contributed by atoms with Crippen LogP contribution in [0.1, 0.15) is 31.2 Å². The Kier molecular flexibility index (Phi) is 4.69. The first-order chi connectivity index (χ1) is 12.7. The fourth-order valence-corrected chi connectivity index (χ4v) is 4.02. The lowest BCUT2D eigenvalue weighted by Gasteiger charge is -2.28. The van der Waals surface area contributed by atoms with Gasteiger partial charge in [-0.3, -0.25) is 0 Å². The maximum absolute atomic E-state index is 8.94. The number of pyridine rings is 1. The Labute approximate surface area is 152 Å². The molecule has 2 aromatic rings. The van der Waals surface area contributed by atoms with Crippen LogP contribution in [0.2, 0.25) is 0 Å². The number of rotatable bonds is 6. The molecule has 0 spiro atoms. The van der Waals surface area contributed by atoms with Gasteiger partial charge in [-0.1, -0.05) is 0 Å². The summed E-state index contributed by atoms with van der Waals surface area (Å²) >= 11 is 0. The van der Waals surface area contributed by atoms with E-state index in [4.69, 9.17) is 10.00 Å². The third-order valence-electron chi connectivity index (χ3n) is 5.62. The second kappa shape index (κ2) is 7.28. The van der Waals surface area contributed by atoms with Crippen LogP contribution in [0.3, 0.4) is 0 Å². The SMILES string of the molecule is Cc1cc(-n2cnnn2)cnc1OCCC1C[C@@H]1C1CCN(C#N)CC1. The topological polar surface area (TPSA) is 92.8 Å². The number of nitrogens with zero attached hydrogens (tertiary/aromatic N) is 7. The van der Waals surface area contributed by atoms with E-state index in [1.807, 2.05) is 17.9 Å². The Morgan fingerprint density at radius 3 is 2.88 bits per heavy atom. The first-order valence-electron chi connectivity index (χ1n) is 9.22. The van der Waals surface area contributed by atoms with E-state index in [1.54, 1.807) is 17.2 Å². The fourth-order valence-electron chi connectivity index (χ4n) is 4.02. The molecule has 0 aromatic carbocycles. The number of ether oxygens (including phenoxy) is 1. The van der Waals surface area contributed by atoms with Crippen molar-refractivity contribution in [1.29, 1.82) is 5.26 Å². The van der Waals surface area contributed by atoms with Crippen LogP contribution in [0, 0.1) is 36.1 Å². The van der Waals surface area contributed by atoms with E-state index in [-0.39, 0.29) is 0 Å². The molecule has 0 amide bonds. The van der Waals surface area contributed by atoms with Crippen LogP contribution in [0.15, 0.2) is 18.6 Å². The van der Waals surface area contributed by atoms with Gasteiger partial charge in [0.05, 0.1) is 18.5 Å². The minimum absolute atomic E-state index is 0.682. The van der Waals surface area contributed by atoms with E-state index in [0.29, 0.717) is 12.5 Å². The fraction of sp³-hybridized carbons (Fsp3) is 0.611. The molecule has 136 valence electrons. The number of piperidine rings is 1. The second-order valence-electron chi connectivity index (χ2n) is 7.29. The van der Waals surface area contributed by atoms with Crippen molar-refractivity contribution in [3.8, 4) is 17.8 Å². The van der Waals surface area contributed by atoms with Gasteiger partial charge in [-0.2, -0.15) is 9.94 Å². The zero-order valence-electron chi connectivity index (χ0n) is 15.0. The van der Waals surface area contributed by atoms with Gasteiger partial charge in [0.2, 0.25) is 5.88 Å². The van der Waals surface area contributed by atoms with Crippen molar-refractivity contribution < 1.29 is 4.74 Å². The summed E-state index contributed by atoms with van der Waals surface area (Å²) in [5.41, 5.74) is 1.81. The molecule has 3 heterocycles. The number of hydrogen-bond donors (Lipinski definition) is 0. The normalized spacial score (nSPS) is 22.8. The highest BCUT2D eigenvalue weighted by Gasteiger charge is 2.43. The van der Waals surface area contributed by atoms with E-state index in [9.17, 15) is 0 Å². The van der Waals surface area contributed by atoms with E-state index < -0.39 is 0 Å². The van der Waals surface area contributed by atoms with Crippen LogP contribution in [-0.2, 0) is 0 Å². The van der Waals surface area contributed by atoms with Crippen LogP contribution < -0.4 is 4.74 Å². The van der Waals surface area contributed by atoms with E-state index in [2.05, 4.69) is 26.7 Å². The highest BCUT2D eigenvalue weighted by molar-refractivity contribution is 5.36. The van der Waals surface area contributed by atoms with Gasteiger partial charge in [0, 0.05) is 18.7 Å². The highest BCUT2D eigenvalue weighted by atomic mass is 16.5. The van der Waals surface area contributed by atoms with E-state index in [1.165, 1.54) is 6.42 Å². The van der Waals surface area contributed by atoms with Crippen LogP contribution >= 0.6 is 0 Å². The molecule has 2 atom stereocenters. The zero-order chi connectivity index (χ0) is 17.9. The lowest BCUT2D eigenvalue weighted by Crippen LogP contribution is -2.30. The Balaban J connectivity index is 1.23. The lowest BCUT2D eigenvalue weighted by molar-refractivity contribution is 0.220. The Bertz CT molecular complexity index is 777. The molecule has 1 saturated heterocycles.